The highest BCUT2D eigenvalue weighted by atomic mass is 35.5. The number of benzene rings is 1. The average Bonchev–Trinajstić information content (AvgIpc) is 2.76. The first kappa shape index (κ1) is 23.1. The largest absolute Gasteiger partial charge is 0.473 e. The summed E-state index contributed by atoms with van der Waals surface area (Å²) in [5.41, 5.74) is 1.06. The van der Waals surface area contributed by atoms with Crippen LogP contribution in [0.1, 0.15) is 25.0 Å². The van der Waals surface area contributed by atoms with Crippen molar-refractivity contribution in [2.45, 2.75) is 33.0 Å². The van der Waals surface area contributed by atoms with Crippen molar-refractivity contribution >= 4 is 17.7 Å². The van der Waals surface area contributed by atoms with Gasteiger partial charge in [0.05, 0.1) is 41.5 Å². The van der Waals surface area contributed by atoms with Crippen LogP contribution in [0.5, 0.6) is 17.5 Å². The number of hydrogen-bond donors (Lipinski definition) is 0. The molecule has 2 aliphatic rings. The molecular weight excluding hydrogens is 448 g/mol. The normalized spacial score (nSPS) is 21.9. The number of piperidine rings is 1. The number of halogens is 1. The van der Waals surface area contributed by atoms with Gasteiger partial charge in [-0.2, -0.15) is 5.26 Å². The quantitative estimate of drug-likeness (QED) is 0.643. The Hall–Kier alpha value is -3.09. The molecule has 0 radical (unpaired) electrons. The molecule has 2 unspecified atom stereocenters. The Labute approximate surface area is 197 Å². The molecule has 0 spiro atoms. The first-order valence-electron chi connectivity index (χ1n) is 10.7. The highest BCUT2D eigenvalue weighted by Crippen LogP contribution is 2.36. The van der Waals surface area contributed by atoms with Gasteiger partial charge in [0, 0.05) is 24.9 Å². The molecule has 2 fully saturated rings. The molecule has 2 aliphatic heterocycles. The van der Waals surface area contributed by atoms with E-state index in [0.29, 0.717) is 60.0 Å². The average molecular weight is 473 g/mol. The second-order valence-corrected chi connectivity index (χ2v) is 8.85. The second kappa shape index (κ2) is 9.81. The van der Waals surface area contributed by atoms with Crippen molar-refractivity contribution in [3.63, 3.8) is 0 Å². The van der Waals surface area contributed by atoms with Crippen LogP contribution in [0.15, 0.2) is 24.5 Å². The zero-order chi connectivity index (χ0) is 23.5. The summed E-state index contributed by atoms with van der Waals surface area (Å²) >= 11 is 6.23. The molecule has 174 valence electrons. The van der Waals surface area contributed by atoms with Gasteiger partial charge >= 0.3 is 6.09 Å². The van der Waals surface area contributed by atoms with Crippen molar-refractivity contribution in [1.82, 2.24) is 14.9 Å². The number of hydrogen-bond acceptors (Lipinski definition) is 8. The summed E-state index contributed by atoms with van der Waals surface area (Å²) in [5.74, 6) is 1.08. The molecule has 4 rings (SSSR count). The van der Waals surface area contributed by atoms with Crippen molar-refractivity contribution in [1.29, 1.82) is 5.26 Å². The van der Waals surface area contributed by atoms with E-state index in [1.54, 1.807) is 17.0 Å². The van der Waals surface area contributed by atoms with E-state index >= 15 is 0 Å². The Balaban J connectivity index is 1.49. The molecule has 1 aromatic carbocycles. The number of amides is 1. The van der Waals surface area contributed by atoms with Gasteiger partial charge < -0.3 is 23.8 Å². The molecule has 2 atom stereocenters. The van der Waals surface area contributed by atoms with Crippen LogP contribution in [0.4, 0.5) is 4.79 Å². The summed E-state index contributed by atoms with van der Waals surface area (Å²) in [7, 11) is 0. The minimum absolute atomic E-state index is 0.0103. The fourth-order valence-electron chi connectivity index (χ4n) is 4.04. The van der Waals surface area contributed by atoms with Gasteiger partial charge in [0.1, 0.15) is 18.2 Å². The highest BCUT2D eigenvalue weighted by molar-refractivity contribution is 6.32. The number of rotatable bonds is 5. The molecular formula is C23H25ClN4O5. The van der Waals surface area contributed by atoms with E-state index in [1.165, 1.54) is 12.4 Å². The number of carbonyl (C=O) groups excluding carboxylic acids is 1. The summed E-state index contributed by atoms with van der Waals surface area (Å²) in [5, 5.41) is 9.32. The number of nitriles is 1. The van der Waals surface area contributed by atoms with Gasteiger partial charge in [0.2, 0.25) is 11.8 Å². The zero-order valence-corrected chi connectivity index (χ0v) is 19.4. The maximum absolute atomic E-state index is 12.4. The van der Waals surface area contributed by atoms with Crippen molar-refractivity contribution < 1.29 is 23.7 Å². The lowest BCUT2D eigenvalue weighted by Crippen LogP contribution is -2.58. The third-order valence-electron chi connectivity index (χ3n) is 5.60. The predicted octanol–water partition coefficient (Wildman–Crippen LogP) is 3.97. The maximum Gasteiger partial charge on any atom is 0.410 e. The maximum atomic E-state index is 12.4. The zero-order valence-electron chi connectivity index (χ0n) is 18.7. The summed E-state index contributed by atoms with van der Waals surface area (Å²) in [6.07, 6.45) is 0.723. The van der Waals surface area contributed by atoms with Crippen LogP contribution in [-0.2, 0) is 9.47 Å². The molecule has 0 N–H and O–H groups in total. The topological polar surface area (TPSA) is 107 Å². The fraction of sp³-hybridized carbons (Fsp3) is 0.478. The number of nitrogens with zero attached hydrogens (tertiary/aromatic N) is 4. The first-order chi connectivity index (χ1) is 15.9. The Morgan fingerprint density at radius 3 is 2.58 bits per heavy atom. The number of ether oxygens (including phenoxy) is 4. The molecule has 1 amide bonds. The Morgan fingerprint density at radius 1 is 1.24 bits per heavy atom. The van der Waals surface area contributed by atoms with Crippen molar-refractivity contribution in [2.24, 2.45) is 11.8 Å². The summed E-state index contributed by atoms with van der Waals surface area (Å²) in [6, 6.07) is 6.81. The molecule has 2 aromatic rings. The number of likely N-dealkylation sites (tertiary alicyclic amines) is 1. The van der Waals surface area contributed by atoms with Crippen LogP contribution in [0.25, 0.3) is 0 Å². The molecule has 2 bridgehead atoms. The third kappa shape index (κ3) is 5.13. The lowest BCUT2D eigenvalue weighted by Gasteiger charge is -2.46. The molecule has 0 aliphatic carbocycles. The molecule has 2 saturated heterocycles. The van der Waals surface area contributed by atoms with E-state index in [-0.39, 0.29) is 30.1 Å². The lowest BCUT2D eigenvalue weighted by molar-refractivity contribution is -0.111. The van der Waals surface area contributed by atoms with Crippen LogP contribution in [0.2, 0.25) is 5.02 Å². The van der Waals surface area contributed by atoms with E-state index in [9.17, 15) is 4.79 Å². The Morgan fingerprint density at radius 2 is 1.94 bits per heavy atom. The van der Waals surface area contributed by atoms with Crippen molar-refractivity contribution in [3.05, 3.63) is 40.7 Å². The van der Waals surface area contributed by atoms with Gasteiger partial charge in [-0.3, -0.25) is 0 Å². The van der Waals surface area contributed by atoms with E-state index in [1.807, 2.05) is 26.8 Å². The van der Waals surface area contributed by atoms with Crippen LogP contribution < -0.4 is 9.47 Å². The van der Waals surface area contributed by atoms with Gasteiger partial charge in [-0.05, 0) is 39.0 Å². The summed E-state index contributed by atoms with van der Waals surface area (Å²) in [6.45, 7) is 7.42. The molecule has 3 heterocycles. The minimum atomic E-state index is -0.312. The van der Waals surface area contributed by atoms with E-state index in [0.717, 1.165) is 0 Å². The van der Waals surface area contributed by atoms with Gasteiger partial charge in [0.25, 0.3) is 0 Å². The van der Waals surface area contributed by atoms with E-state index in [2.05, 4.69) is 9.97 Å². The smallest absolute Gasteiger partial charge is 0.410 e. The van der Waals surface area contributed by atoms with Gasteiger partial charge in [-0.1, -0.05) is 11.6 Å². The van der Waals surface area contributed by atoms with Gasteiger partial charge in [0.15, 0.2) is 0 Å². The van der Waals surface area contributed by atoms with Crippen molar-refractivity contribution in [3.8, 4) is 23.6 Å². The Bertz CT molecular complexity index is 1060. The van der Waals surface area contributed by atoms with Gasteiger partial charge in [-0.15, -0.1) is 0 Å². The predicted molar refractivity (Wildman–Crippen MR) is 118 cm³/mol. The molecule has 9 nitrogen and oxygen atoms in total. The summed E-state index contributed by atoms with van der Waals surface area (Å²) in [4.78, 5) is 22.7. The van der Waals surface area contributed by atoms with Crippen LogP contribution in [-0.4, -0.2) is 59.5 Å². The highest BCUT2D eigenvalue weighted by Gasteiger charge is 2.44. The third-order valence-corrected chi connectivity index (χ3v) is 5.90. The molecule has 33 heavy (non-hydrogen) atoms. The number of aromatic nitrogens is 2. The minimum Gasteiger partial charge on any atom is -0.473 e. The molecule has 10 heteroatoms. The number of fused-ring (bicyclic) bond motifs is 2. The monoisotopic (exact) mass is 472 g/mol. The van der Waals surface area contributed by atoms with Crippen LogP contribution in [0.3, 0.4) is 0 Å². The van der Waals surface area contributed by atoms with Gasteiger partial charge in [-0.25, -0.2) is 14.8 Å². The SMILES string of the molecule is Cc1c(Oc2ccc(C#N)cc2Cl)ncnc1OC1C2COCC1CN(C(=O)OC(C)C)C2. The Kier molecular flexibility index (Phi) is 6.86. The van der Waals surface area contributed by atoms with Crippen molar-refractivity contribution in [2.75, 3.05) is 26.3 Å². The first-order valence-corrected chi connectivity index (χ1v) is 11.1. The molecule has 0 saturated carbocycles. The lowest BCUT2D eigenvalue weighted by atomic mass is 9.84. The standard InChI is InChI=1S/C23H25ClN4O5/c1-13(2)31-23(29)28-8-16-10-30-11-17(9-28)20(16)33-22-14(3)21(26-12-27-22)32-19-5-4-15(7-25)6-18(19)24/h4-6,12-13,16-17,20H,8-11H2,1-3H3. The van der Waals surface area contributed by atoms with E-state index in [4.69, 9.17) is 35.8 Å². The van der Waals surface area contributed by atoms with E-state index < -0.39 is 0 Å². The summed E-state index contributed by atoms with van der Waals surface area (Å²) < 4.78 is 23.3. The molecule has 1 aromatic heterocycles. The second-order valence-electron chi connectivity index (χ2n) is 8.45. The fourth-order valence-corrected chi connectivity index (χ4v) is 4.26. The van der Waals surface area contributed by atoms with Crippen LogP contribution >= 0.6 is 11.6 Å². The number of carbonyl (C=O) groups is 1. The van der Waals surface area contributed by atoms with Crippen LogP contribution in [0, 0.1) is 30.1 Å².